The lowest BCUT2D eigenvalue weighted by atomic mass is 10.1. The van der Waals surface area contributed by atoms with Crippen LogP contribution in [-0.4, -0.2) is 63.3 Å². The number of methoxy groups -OCH3 is 1. The van der Waals surface area contributed by atoms with E-state index >= 15 is 0 Å². The molecule has 1 aromatic carbocycles. The highest BCUT2D eigenvalue weighted by Gasteiger charge is 2.24. The molecule has 0 aliphatic carbocycles. The topological polar surface area (TPSA) is 102 Å². The molecule has 2 heterocycles. The number of carbonyl (C=O) groups is 2. The van der Waals surface area contributed by atoms with Gasteiger partial charge in [-0.1, -0.05) is 0 Å². The minimum Gasteiger partial charge on any atom is -0.453 e. The fraction of sp³-hybridized carbons (Fsp3) is 0.471. The average molecular weight is 376 g/mol. The van der Waals surface area contributed by atoms with E-state index in [0.717, 1.165) is 19.3 Å². The van der Waals surface area contributed by atoms with Crippen molar-refractivity contribution in [1.82, 2.24) is 30.4 Å². The van der Waals surface area contributed by atoms with Gasteiger partial charge in [0, 0.05) is 24.7 Å². The number of nitrogens with one attached hydrogen (secondary N) is 1. The highest BCUT2D eigenvalue weighted by molar-refractivity contribution is 5.76. The Balaban J connectivity index is 1.57. The maximum atomic E-state index is 13.0. The first kappa shape index (κ1) is 18.7. The summed E-state index contributed by atoms with van der Waals surface area (Å²) in [6, 6.07) is 5.55. The molecule has 10 heteroatoms. The summed E-state index contributed by atoms with van der Waals surface area (Å²) < 4.78 is 17.7. The number of nitrogens with zero attached hydrogens (tertiary/aromatic N) is 5. The van der Waals surface area contributed by atoms with E-state index in [1.807, 2.05) is 0 Å². The van der Waals surface area contributed by atoms with Crippen molar-refractivity contribution in [2.45, 2.75) is 31.8 Å². The standard InChI is InChI=1S/C17H21FN6O3/c1-27-17(26)23-9-3-2-4-14(10-23)19-15(25)11-24-21-16(20-22-24)12-5-7-13(18)8-6-12/h5-8,14H,2-4,9-11H2,1H3,(H,19,25)/t14-/m0/s1. The van der Waals surface area contributed by atoms with Crippen LogP contribution < -0.4 is 5.32 Å². The Morgan fingerprint density at radius 1 is 1.30 bits per heavy atom. The van der Waals surface area contributed by atoms with Crippen molar-refractivity contribution < 1.29 is 18.7 Å². The summed E-state index contributed by atoms with van der Waals surface area (Å²) in [4.78, 5) is 26.8. The first-order valence-corrected chi connectivity index (χ1v) is 8.71. The van der Waals surface area contributed by atoms with Crippen molar-refractivity contribution in [3.63, 3.8) is 0 Å². The number of hydrogen-bond acceptors (Lipinski definition) is 6. The normalized spacial score (nSPS) is 17.3. The number of ether oxygens (including phenoxy) is 1. The molecule has 0 spiro atoms. The van der Waals surface area contributed by atoms with Crippen LogP contribution in [0.25, 0.3) is 11.4 Å². The zero-order valence-corrected chi connectivity index (χ0v) is 15.0. The van der Waals surface area contributed by atoms with Crippen molar-refractivity contribution in [2.75, 3.05) is 20.2 Å². The van der Waals surface area contributed by atoms with Crippen LogP contribution in [0.2, 0.25) is 0 Å². The van der Waals surface area contributed by atoms with Crippen LogP contribution in [0.4, 0.5) is 9.18 Å². The molecule has 27 heavy (non-hydrogen) atoms. The number of likely N-dealkylation sites (tertiary alicyclic amines) is 1. The Labute approximate surface area is 155 Å². The van der Waals surface area contributed by atoms with Gasteiger partial charge in [0.15, 0.2) is 0 Å². The first-order valence-electron chi connectivity index (χ1n) is 8.71. The molecule has 9 nitrogen and oxygen atoms in total. The maximum absolute atomic E-state index is 13.0. The Hall–Kier alpha value is -3.04. The van der Waals surface area contributed by atoms with Gasteiger partial charge in [-0.3, -0.25) is 4.79 Å². The summed E-state index contributed by atoms with van der Waals surface area (Å²) in [5.41, 5.74) is 0.612. The lowest BCUT2D eigenvalue weighted by Crippen LogP contribution is -2.45. The SMILES string of the molecule is COC(=O)N1CCCC[C@H](NC(=O)Cn2nnc(-c3ccc(F)cc3)n2)C1. The number of rotatable bonds is 4. The molecule has 1 aliphatic heterocycles. The Kier molecular flexibility index (Phi) is 5.94. The Morgan fingerprint density at radius 2 is 2.07 bits per heavy atom. The number of halogens is 1. The zero-order valence-electron chi connectivity index (χ0n) is 15.0. The smallest absolute Gasteiger partial charge is 0.409 e. The molecule has 1 N–H and O–H groups in total. The van der Waals surface area contributed by atoms with Gasteiger partial charge in [-0.2, -0.15) is 4.80 Å². The molecule has 0 radical (unpaired) electrons. The molecular formula is C17H21FN6O3. The van der Waals surface area contributed by atoms with E-state index in [0.29, 0.717) is 24.5 Å². The van der Waals surface area contributed by atoms with Gasteiger partial charge >= 0.3 is 6.09 Å². The Morgan fingerprint density at radius 3 is 2.81 bits per heavy atom. The van der Waals surface area contributed by atoms with Gasteiger partial charge in [0.05, 0.1) is 7.11 Å². The van der Waals surface area contributed by atoms with Crippen LogP contribution in [-0.2, 0) is 16.1 Å². The highest BCUT2D eigenvalue weighted by atomic mass is 19.1. The van der Waals surface area contributed by atoms with Crippen LogP contribution >= 0.6 is 0 Å². The highest BCUT2D eigenvalue weighted by Crippen LogP contribution is 2.14. The summed E-state index contributed by atoms with van der Waals surface area (Å²) >= 11 is 0. The van der Waals surface area contributed by atoms with Crippen molar-refractivity contribution in [2.24, 2.45) is 0 Å². The van der Waals surface area contributed by atoms with Crippen molar-refractivity contribution in [1.29, 1.82) is 0 Å². The molecule has 0 saturated carbocycles. The summed E-state index contributed by atoms with van der Waals surface area (Å²) in [5, 5.41) is 14.8. The molecule has 3 rings (SSSR count). The first-order chi connectivity index (χ1) is 13.0. The van der Waals surface area contributed by atoms with Crippen LogP contribution in [0.3, 0.4) is 0 Å². The van der Waals surface area contributed by atoms with Gasteiger partial charge in [0.2, 0.25) is 11.7 Å². The lowest BCUT2D eigenvalue weighted by Gasteiger charge is -2.23. The third-order valence-electron chi connectivity index (χ3n) is 4.31. The summed E-state index contributed by atoms with van der Waals surface area (Å²) in [7, 11) is 1.34. The van der Waals surface area contributed by atoms with E-state index in [4.69, 9.17) is 4.74 Å². The van der Waals surface area contributed by atoms with Crippen LogP contribution in [0, 0.1) is 5.82 Å². The third kappa shape index (κ3) is 4.99. The number of amides is 2. The summed E-state index contributed by atoms with van der Waals surface area (Å²) in [6.45, 7) is 0.928. The second-order valence-corrected chi connectivity index (χ2v) is 6.33. The third-order valence-corrected chi connectivity index (χ3v) is 4.31. The molecule has 144 valence electrons. The fourth-order valence-electron chi connectivity index (χ4n) is 2.98. The van der Waals surface area contributed by atoms with Crippen molar-refractivity contribution in [3.05, 3.63) is 30.1 Å². The van der Waals surface area contributed by atoms with Crippen LogP contribution in [0.1, 0.15) is 19.3 Å². The minimum absolute atomic E-state index is 0.0943. The quantitative estimate of drug-likeness (QED) is 0.861. The molecule has 0 unspecified atom stereocenters. The largest absolute Gasteiger partial charge is 0.453 e. The van der Waals surface area contributed by atoms with Gasteiger partial charge in [0.1, 0.15) is 12.4 Å². The number of hydrogen-bond donors (Lipinski definition) is 1. The molecule has 1 fully saturated rings. The zero-order chi connectivity index (χ0) is 19.2. The predicted molar refractivity (Wildman–Crippen MR) is 93.0 cm³/mol. The number of carbonyl (C=O) groups excluding carboxylic acids is 2. The van der Waals surface area contributed by atoms with Crippen LogP contribution in [0.5, 0.6) is 0 Å². The second-order valence-electron chi connectivity index (χ2n) is 6.33. The maximum Gasteiger partial charge on any atom is 0.409 e. The fourth-order valence-corrected chi connectivity index (χ4v) is 2.98. The number of aromatic nitrogens is 4. The summed E-state index contributed by atoms with van der Waals surface area (Å²) in [6.07, 6.45) is 2.17. The van der Waals surface area contributed by atoms with Gasteiger partial charge in [0.25, 0.3) is 0 Å². The van der Waals surface area contributed by atoms with Gasteiger partial charge in [-0.15, -0.1) is 10.2 Å². The van der Waals surface area contributed by atoms with Gasteiger partial charge < -0.3 is 15.0 Å². The van der Waals surface area contributed by atoms with Crippen LogP contribution in [0.15, 0.2) is 24.3 Å². The van der Waals surface area contributed by atoms with E-state index in [1.54, 1.807) is 17.0 Å². The monoisotopic (exact) mass is 376 g/mol. The lowest BCUT2D eigenvalue weighted by molar-refractivity contribution is -0.122. The number of benzene rings is 1. The molecule has 1 aliphatic rings. The molecule has 1 atom stereocenters. The molecule has 0 bridgehead atoms. The molecular weight excluding hydrogens is 355 g/mol. The molecule has 1 saturated heterocycles. The van der Waals surface area contributed by atoms with E-state index in [1.165, 1.54) is 24.0 Å². The van der Waals surface area contributed by atoms with E-state index in [9.17, 15) is 14.0 Å². The predicted octanol–water partition coefficient (Wildman–Crippen LogP) is 1.22. The number of tetrazole rings is 1. The minimum atomic E-state index is -0.391. The molecule has 2 amide bonds. The van der Waals surface area contributed by atoms with E-state index < -0.39 is 6.09 Å². The molecule has 1 aromatic heterocycles. The Bertz CT molecular complexity index is 794. The molecule has 2 aromatic rings. The van der Waals surface area contributed by atoms with Gasteiger partial charge in [-0.05, 0) is 48.7 Å². The van der Waals surface area contributed by atoms with Gasteiger partial charge in [-0.25, -0.2) is 9.18 Å². The van der Waals surface area contributed by atoms with Crippen molar-refractivity contribution in [3.8, 4) is 11.4 Å². The van der Waals surface area contributed by atoms with E-state index in [-0.39, 0.29) is 24.3 Å². The summed E-state index contributed by atoms with van der Waals surface area (Å²) in [5.74, 6) is -0.307. The van der Waals surface area contributed by atoms with E-state index in [2.05, 4.69) is 20.7 Å². The van der Waals surface area contributed by atoms with Crippen molar-refractivity contribution >= 4 is 12.0 Å². The average Bonchev–Trinajstić information content (AvgIpc) is 2.99. The second kappa shape index (κ2) is 8.56.